The number of fused-ring (bicyclic) bond motifs is 6. The topological polar surface area (TPSA) is 234 Å². The number of pyridine rings is 3. The third-order valence-electron chi connectivity index (χ3n) is 19.0. The van der Waals surface area contributed by atoms with Crippen LogP contribution in [0.4, 0.5) is 34.1 Å². The van der Waals surface area contributed by atoms with Gasteiger partial charge in [0, 0.05) is 105 Å². The molecule has 3 atom stereocenters. The number of thiazole rings is 3. The molecule has 3 aliphatic heterocycles. The number of rotatable bonds is 12. The molecule has 9 aromatic carbocycles. The Morgan fingerprint density at radius 2 is 0.608 bits per heavy atom. The smallest absolute Gasteiger partial charge is 0.255 e. The number of nitrogens with one attached hydrogen (secondary N) is 6. The van der Waals surface area contributed by atoms with E-state index in [0.29, 0.717) is 35.8 Å². The fraction of sp³-hybridized carbons (Fsp3) is 0.148. The van der Waals surface area contributed by atoms with Gasteiger partial charge < -0.3 is 45.6 Å². The lowest BCUT2D eigenvalue weighted by atomic mass is 10.0. The molecule has 21 heteroatoms. The Morgan fingerprint density at radius 3 is 0.882 bits per heavy atom. The second-order valence-corrected chi connectivity index (χ2v) is 29.2. The van der Waals surface area contributed by atoms with E-state index in [9.17, 15) is 28.8 Å². The van der Waals surface area contributed by atoms with E-state index in [2.05, 4.69) is 64.1 Å². The van der Waals surface area contributed by atoms with Crippen LogP contribution in [-0.2, 0) is 14.4 Å². The summed E-state index contributed by atoms with van der Waals surface area (Å²) in [6, 6.07) is 64.0. The summed E-state index contributed by atoms with van der Waals surface area (Å²) < 4.78 is 3.36. The van der Waals surface area contributed by atoms with Gasteiger partial charge in [0.1, 0.15) is 18.1 Å². The van der Waals surface area contributed by atoms with Crippen LogP contribution in [0.2, 0.25) is 0 Å². The normalized spacial score (nSPS) is 16.0. The summed E-state index contributed by atoms with van der Waals surface area (Å²) in [5.41, 5.74) is 14.0. The first-order valence-electron chi connectivity index (χ1n) is 33.7. The highest BCUT2D eigenvalue weighted by atomic mass is 32.1. The molecule has 0 radical (unpaired) electrons. The molecule has 0 spiro atoms. The summed E-state index contributed by atoms with van der Waals surface area (Å²) in [6.07, 6.45) is 7.48. The first-order valence-corrected chi connectivity index (χ1v) is 36.1. The Labute approximate surface area is 596 Å². The predicted molar refractivity (Wildman–Crippen MR) is 416 cm³/mol. The van der Waals surface area contributed by atoms with Crippen molar-refractivity contribution in [1.82, 2.24) is 29.9 Å². The van der Waals surface area contributed by atoms with Crippen molar-refractivity contribution >= 4 is 149 Å². The number of anilines is 6. The SMILES string of the molecule is Cc1nc2ccc(NC3CCN(c4ccc(-c5c[nH]c(=O)c6ccccc56)cc4)C3=O)cc2s1.Cc1nc2ccc(NC3CCN(c4ccc(-c5c[nH]c(=O)c6ccccc56)cc4)C3=O)cc2s1.Cc1nc2ccc(NC3CCN(c4ccc(-c5c[nH]c(=O)c6ccccc56)cc4)C3=O)cc2s1. The molecule has 18 nitrogen and oxygen atoms in total. The molecule has 3 amide bonds. The number of hydrogen-bond donors (Lipinski definition) is 6. The van der Waals surface area contributed by atoms with Gasteiger partial charge in [-0.2, -0.15) is 0 Å². The highest BCUT2D eigenvalue weighted by Gasteiger charge is 2.35. The maximum Gasteiger partial charge on any atom is 0.255 e. The number of carbonyl (C=O) groups is 3. The van der Waals surface area contributed by atoms with Crippen LogP contribution in [0.5, 0.6) is 0 Å². The summed E-state index contributed by atoms with van der Waals surface area (Å²) in [4.78, 5) is 103. The largest absolute Gasteiger partial charge is 0.374 e. The average molecular weight is 1400 g/mol. The van der Waals surface area contributed by atoms with Crippen LogP contribution in [0.25, 0.3) is 96.3 Å². The van der Waals surface area contributed by atoms with Crippen LogP contribution < -0.4 is 47.3 Å². The Balaban J connectivity index is 0.000000118. The molecule has 18 rings (SSSR count). The fourth-order valence-electron chi connectivity index (χ4n) is 14.0. The molecule has 3 aliphatic rings. The first kappa shape index (κ1) is 64.7. The van der Waals surface area contributed by atoms with Gasteiger partial charge in [-0.3, -0.25) is 28.8 Å². The molecule has 3 unspecified atom stereocenters. The van der Waals surface area contributed by atoms with E-state index in [1.54, 1.807) is 52.6 Å². The lowest BCUT2D eigenvalue weighted by Crippen LogP contribution is -2.33. The second-order valence-electron chi connectivity index (χ2n) is 25.5. The molecule has 6 aromatic heterocycles. The van der Waals surface area contributed by atoms with E-state index in [-0.39, 0.29) is 52.5 Å². The van der Waals surface area contributed by atoms with Gasteiger partial charge in [0.2, 0.25) is 17.7 Å². The van der Waals surface area contributed by atoms with Crippen molar-refractivity contribution in [2.75, 3.05) is 50.3 Å². The second kappa shape index (κ2) is 27.3. The van der Waals surface area contributed by atoms with Crippen molar-refractivity contribution < 1.29 is 14.4 Å². The Morgan fingerprint density at radius 1 is 0.343 bits per heavy atom. The Hall–Kier alpha value is -11.9. The number of aromatic nitrogens is 6. The summed E-state index contributed by atoms with van der Waals surface area (Å²) in [5, 5.41) is 18.1. The number of H-pyrrole nitrogens is 3. The fourth-order valence-corrected chi connectivity index (χ4v) is 16.6. The van der Waals surface area contributed by atoms with Crippen molar-refractivity contribution in [3.63, 3.8) is 0 Å². The van der Waals surface area contributed by atoms with E-state index in [1.165, 1.54) is 0 Å². The highest BCUT2D eigenvalue weighted by molar-refractivity contribution is 7.19. The van der Waals surface area contributed by atoms with E-state index >= 15 is 0 Å². The first-order chi connectivity index (χ1) is 49.7. The minimum absolute atomic E-state index is 0.0721. The lowest BCUT2D eigenvalue weighted by molar-refractivity contribution is -0.118. The third-order valence-corrected chi connectivity index (χ3v) is 21.8. The molecule has 504 valence electrons. The van der Waals surface area contributed by atoms with Crippen molar-refractivity contribution in [1.29, 1.82) is 0 Å². The van der Waals surface area contributed by atoms with Crippen LogP contribution >= 0.6 is 34.0 Å². The quantitative estimate of drug-likeness (QED) is 0.0670. The van der Waals surface area contributed by atoms with Crippen LogP contribution in [-0.4, -0.2) is 85.4 Å². The lowest BCUT2D eigenvalue weighted by Gasteiger charge is -2.18. The molecule has 102 heavy (non-hydrogen) atoms. The molecular formula is C81H66N12O6S3. The van der Waals surface area contributed by atoms with Crippen molar-refractivity contribution in [3.05, 3.63) is 265 Å². The monoisotopic (exact) mass is 1400 g/mol. The number of aromatic amines is 3. The Kier molecular flexibility index (Phi) is 17.3. The highest BCUT2D eigenvalue weighted by Crippen LogP contribution is 2.36. The zero-order valence-electron chi connectivity index (χ0n) is 55.6. The van der Waals surface area contributed by atoms with Gasteiger partial charge in [0.15, 0.2) is 0 Å². The standard InChI is InChI=1S/3C27H22N4O2S/c3*1-16-29-23-11-8-18(14-25(23)34-16)30-24-12-13-31(27(24)33)19-9-6-17(7-10-19)22-15-28-26(32)21-5-3-2-4-20(21)22/h3*2-11,14-15,24,30H,12-13H2,1H3,(H,28,32). The van der Waals surface area contributed by atoms with Gasteiger partial charge in [-0.15, -0.1) is 34.0 Å². The van der Waals surface area contributed by atoms with Crippen LogP contribution in [0, 0.1) is 20.8 Å². The van der Waals surface area contributed by atoms with Gasteiger partial charge in [0.05, 0.1) is 45.7 Å². The molecule has 0 saturated carbocycles. The van der Waals surface area contributed by atoms with Gasteiger partial charge in [-0.05, 0) is 182 Å². The zero-order chi connectivity index (χ0) is 69.7. The summed E-state index contributed by atoms with van der Waals surface area (Å²) in [5.74, 6) is 0.216. The van der Waals surface area contributed by atoms with Crippen molar-refractivity contribution in [2.24, 2.45) is 0 Å². The molecule has 3 saturated heterocycles. The number of amides is 3. The van der Waals surface area contributed by atoms with E-state index in [1.807, 2.05) is 217 Å². The molecule has 0 aliphatic carbocycles. The number of benzene rings is 9. The molecule has 15 aromatic rings. The minimum Gasteiger partial charge on any atom is -0.374 e. The Bertz CT molecular complexity index is 5390. The maximum absolute atomic E-state index is 13.2. The molecule has 3 fully saturated rings. The molecule has 6 N–H and O–H groups in total. The van der Waals surface area contributed by atoms with Crippen LogP contribution in [0.3, 0.4) is 0 Å². The van der Waals surface area contributed by atoms with E-state index in [4.69, 9.17) is 0 Å². The molecule has 9 heterocycles. The summed E-state index contributed by atoms with van der Waals surface area (Å²) in [6.45, 7) is 8.00. The number of nitrogens with zero attached hydrogens (tertiary/aromatic N) is 6. The predicted octanol–water partition coefficient (Wildman–Crippen LogP) is 16.0. The molecular weight excluding hydrogens is 1330 g/mol. The van der Waals surface area contributed by atoms with E-state index < -0.39 is 0 Å². The number of hydrogen-bond acceptors (Lipinski definition) is 15. The molecule has 0 bridgehead atoms. The van der Waals surface area contributed by atoms with Gasteiger partial charge in [0.25, 0.3) is 16.7 Å². The zero-order valence-corrected chi connectivity index (χ0v) is 58.1. The third kappa shape index (κ3) is 12.8. The summed E-state index contributed by atoms with van der Waals surface area (Å²) >= 11 is 4.97. The average Bonchev–Trinajstić information content (AvgIpc) is 1.53. The minimum atomic E-state index is -0.255. The van der Waals surface area contributed by atoms with Gasteiger partial charge in [-0.25, -0.2) is 15.0 Å². The van der Waals surface area contributed by atoms with Gasteiger partial charge >= 0.3 is 0 Å². The van der Waals surface area contributed by atoms with Crippen LogP contribution in [0.1, 0.15) is 34.3 Å². The van der Waals surface area contributed by atoms with Gasteiger partial charge in [-0.1, -0.05) is 91.0 Å². The van der Waals surface area contributed by atoms with Crippen molar-refractivity contribution in [2.45, 2.75) is 58.2 Å². The summed E-state index contributed by atoms with van der Waals surface area (Å²) in [7, 11) is 0. The van der Waals surface area contributed by atoms with Crippen molar-refractivity contribution in [3.8, 4) is 33.4 Å². The number of aryl methyl sites for hydroxylation is 3. The van der Waals surface area contributed by atoms with Crippen LogP contribution in [0.15, 0.2) is 233 Å². The number of carbonyl (C=O) groups excluding carboxylic acids is 3. The van der Waals surface area contributed by atoms with E-state index in [0.717, 1.165) is 149 Å². The maximum atomic E-state index is 13.2.